The van der Waals surface area contributed by atoms with Crippen LogP contribution in [-0.4, -0.2) is 4.98 Å². The Morgan fingerprint density at radius 3 is 2.65 bits per heavy atom. The van der Waals surface area contributed by atoms with Crippen LogP contribution in [0.4, 0.5) is 0 Å². The highest BCUT2D eigenvalue weighted by Gasteiger charge is 2.01. The van der Waals surface area contributed by atoms with E-state index in [4.69, 9.17) is 0 Å². The Labute approximate surface area is 101 Å². The highest BCUT2D eigenvalue weighted by atomic mass is 14.7. The van der Waals surface area contributed by atoms with Gasteiger partial charge in [-0.1, -0.05) is 36.4 Å². The zero-order valence-electron chi connectivity index (χ0n) is 9.72. The zero-order chi connectivity index (χ0) is 11.7. The summed E-state index contributed by atoms with van der Waals surface area (Å²) in [4.78, 5) is 4.39. The monoisotopic (exact) mass is 219 g/mol. The number of aromatic nitrogens is 1. The van der Waals surface area contributed by atoms with Crippen molar-refractivity contribution < 1.29 is 0 Å². The van der Waals surface area contributed by atoms with Crippen LogP contribution in [0, 0.1) is 6.92 Å². The Morgan fingerprint density at radius 2 is 1.82 bits per heavy atom. The molecule has 0 fully saturated rings. The molecule has 0 saturated carbocycles. The summed E-state index contributed by atoms with van der Waals surface area (Å²) in [7, 11) is 0. The quantitative estimate of drug-likeness (QED) is 0.597. The molecule has 0 aliphatic carbocycles. The number of nitrogens with zero attached hydrogens (tertiary/aromatic N) is 1. The molecule has 1 heteroatoms. The molecule has 0 N–H and O–H groups in total. The van der Waals surface area contributed by atoms with E-state index in [-0.39, 0.29) is 0 Å². The number of hydrogen-bond acceptors (Lipinski definition) is 1. The molecular formula is C16H13N. The van der Waals surface area contributed by atoms with Crippen LogP contribution in [0.1, 0.15) is 5.56 Å². The van der Waals surface area contributed by atoms with Crippen LogP contribution in [0.15, 0.2) is 60.8 Å². The average Bonchev–Trinajstić information content (AvgIpc) is 2.40. The molecular weight excluding hydrogens is 206 g/mol. The van der Waals surface area contributed by atoms with Crippen molar-refractivity contribution in [1.29, 1.82) is 0 Å². The van der Waals surface area contributed by atoms with Gasteiger partial charge in [0.05, 0.1) is 5.69 Å². The minimum Gasteiger partial charge on any atom is -0.256 e. The van der Waals surface area contributed by atoms with Gasteiger partial charge in [-0.2, -0.15) is 0 Å². The van der Waals surface area contributed by atoms with Gasteiger partial charge in [0.15, 0.2) is 0 Å². The molecule has 1 nitrogen and oxygen atoms in total. The molecule has 0 saturated heterocycles. The molecule has 17 heavy (non-hydrogen) atoms. The van der Waals surface area contributed by atoms with Gasteiger partial charge in [-0.05, 0) is 41.5 Å². The van der Waals surface area contributed by atoms with E-state index < -0.39 is 0 Å². The van der Waals surface area contributed by atoms with Crippen LogP contribution < -0.4 is 0 Å². The molecule has 3 aromatic rings. The van der Waals surface area contributed by atoms with E-state index in [2.05, 4.69) is 48.3 Å². The van der Waals surface area contributed by atoms with E-state index in [9.17, 15) is 0 Å². The Kier molecular flexibility index (Phi) is 2.37. The Balaban J connectivity index is 2.23. The molecule has 0 spiro atoms. The molecule has 0 unspecified atom stereocenters. The molecule has 1 heterocycles. The first-order valence-corrected chi connectivity index (χ1v) is 5.75. The SMILES string of the molecule is Cc1cccc2ccc(-c3ccccn3)cc12. The lowest BCUT2D eigenvalue weighted by atomic mass is 10.0. The minimum absolute atomic E-state index is 1.03. The minimum atomic E-state index is 1.03. The van der Waals surface area contributed by atoms with Crippen molar-refractivity contribution in [3.05, 3.63) is 66.4 Å². The third-order valence-electron chi connectivity index (χ3n) is 3.06. The molecule has 2 aromatic carbocycles. The third kappa shape index (κ3) is 1.80. The van der Waals surface area contributed by atoms with Gasteiger partial charge < -0.3 is 0 Å². The van der Waals surface area contributed by atoms with Crippen LogP contribution in [0.3, 0.4) is 0 Å². The number of fused-ring (bicyclic) bond motifs is 1. The molecule has 0 aliphatic rings. The lowest BCUT2D eigenvalue weighted by Crippen LogP contribution is -1.84. The maximum Gasteiger partial charge on any atom is 0.0702 e. The summed E-state index contributed by atoms with van der Waals surface area (Å²) in [5, 5.41) is 2.58. The van der Waals surface area contributed by atoms with Gasteiger partial charge in [0.2, 0.25) is 0 Å². The van der Waals surface area contributed by atoms with Gasteiger partial charge >= 0.3 is 0 Å². The van der Waals surface area contributed by atoms with Crippen LogP contribution in [0.25, 0.3) is 22.0 Å². The fraction of sp³-hybridized carbons (Fsp3) is 0.0625. The first kappa shape index (κ1) is 10.0. The molecule has 0 amide bonds. The number of aryl methyl sites for hydroxylation is 1. The summed E-state index contributed by atoms with van der Waals surface area (Å²) in [5.74, 6) is 0. The van der Waals surface area contributed by atoms with Gasteiger partial charge in [0.1, 0.15) is 0 Å². The maximum atomic E-state index is 4.39. The highest BCUT2D eigenvalue weighted by Crippen LogP contribution is 2.24. The zero-order valence-corrected chi connectivity index (χ0v) is 9.72. The van der Waals surface area contributed by atoms with Crippen molar-refractivity contribution in [2.45, 2.75) is 6.92 Å². The smallest absolute Gasteiger partial charge is 0.0702 e. The van der Waals surface area contributed by atoms with E-state index >= 15 is 0 Å². The second kappa shape index (κ2) is 4.02. The Hall–Kier alpha value is -2.15. The second-order valence-corrected chi connectivity index (χ2v) is 4.23. The topological polar surface area (TPSA) is 12.9 Å². The predicted molar refractivity (Wildman–Crippen MR) is 71.9 cm³/mol. The van der Waals surface area contributed by atoms with E-state index in [1.807, 2.05) is 24.4 Å². The van der Waals surface area contributed by atoms with E-state index in [1.165, 1.54) is 21.9 Å². The Morgan fingerprint density at radius 1 is 0.882 bits per heavy atom. The normalized spacial score (nSPS) is 10.6. The second-order valence-electron chi connectivity index (χ2n) is 4.23. The van der Waals surface area contributed by atoms with Gasteiger partial charge in [0, 0.05) is 11.8 Å². The number of hydrogen-bond donors (Lipinski definition) is 0. The fourth-order valence-corrected chi connectivity index (χ4v) is 2.12. The van der Waals surface area contributed by atoms with Gasteiger partial charge in [-0.15, -0.1) is 0 Å². The van der Waals surface area contributed by atoms with Crippen molar-refractivity contribution in [2.24, 2.45) is 0 Å². The predicted octanol–water partition coefficient (Wildman–Crippen LogP) is 4.21. The van der Waals surface area contributed by atoms with E-state index in [1.54, 1.807) is 0 Å². The van der Waals surface area contributed by atoms with Crippen molar-refractivity contribution in [3.8, 4) is 11.3 Å². The van der Waals surface area contributed by atoms with Crippen molar-refractivity contribution in [2.75, 3.05) is 0 Å². The van der Waals surface area contributed by atoms with Crippen LogP contribution in [-0.2, 0) is 0 Å². The largest absolute Gasteiger partial charge is 0.256 e. The number of pyridine rings is 1. The number of benzene rings is 2. The first-order valence-electron chi connectivity index (χ1n) is 5.75. The van der Waals surface area contributed by atoms with E-state index in [0.717, 1.165) is 5.69 Å². The summed E-state index contributed by atoms with van der Waals surface area (Å²) >= 11 is 0. The Bertz CT molecular complexity index is 657. The summed E-state index contributed by atoms with van der Waals surface area (Å²) in [6.07, 6.45) is 1.83. The lowest BCUT2D eigenvalue weighted by molar-refractivity contribution is 1.33. The summed E-state index contributed by atoms with van der Waals surface area (Å²) in [6, 6.07) is 18.9. The van der Waals surface area contributed by atoms with Crippen LogP contribution >= 0.6 is 0 Å². The van der Waals surface area contributed by atoms with Crippen molar-refractivity contribution >= 4 is 10.8 Å². The van der Waals surface area contributed by atoms with Crippen LogP contribution in [0.2, 0.25) is 0 Å². The summed E-state index contributed by atoms with van der Waals surface area (Å²) in [5.41, 5.74) is 3.50. The molecule has 0 atom stereocenters. The molecule has 0 radical (unpaired) electrons. The standard InChI is InChI=1S/C16H13N/c1-12-5-4-6-13-8-9-14(11-15(12)13)16-7-2-3-10-17-16/h2-11H,1H3. The third-order valence-corrected chi connectivity index (χ3v) is 3.06. The highest BCUT2D eigenvalue weighted by molar-refractivity contribution is 5.89. The molecule has 82 valence electrons. The number of rotatable bonds is 1. The summed E-state index contributed by atoms with van der Waals surface area (Å²) in [6.45, 7) is 2.14. The molecule has 0 aliphatic heterocycles. The maximum absolute atomic E-state index is 4.39. The van der Waals surface area contributed by atoms with Gasteiger partial charge in [-0.25, -0.2) is 0 Å². The molecule has 3 rings (SSSR count). The van der Waals surface area contributed by atoms with Gasteiger partial charge in [-0.3, -0.25) is 4.98 Å². The molecule has 0 bridgehead atoms. The van der Waals surface area contributed by atoms with Crippen LogP contribution in [0.5, 0.6) is 0 Å². The summed E-state index contributed by atoms with van der Waals surface area (Å²) < 4.78 is 0. The van der Waals surface area contributed by atoms with Crippen molar-refractivity contribution in [3.63, 3.8) is 0 Å². The average molecular weight is 219 g/mol. The van der Waals surface area contributed by atoms with E-state index in [0.29, 0.717) is 0 Å². The lowest BCUT2D eigenvalue weighted by Gasteiger charge is -2.05. The first-order chi connectivity index (χ1) is 8.34. The fourth-order valence-electron chi connectivity index (χ4n) is 2.12. The van der Waals surface area contributed by atoms with Gasteiger partial charge in [0.25, 0.3) is 0 Å². The molecule has 1 aromatic heterocycles. The van der Waals surface area contributed by atoms with Crippen molar-refractivity contribution in [1.82, 2.24) is 4.98 Å².